The lowest BCUT2D eigenvalue weighted by atomic mass is 10.1. The van der Waals surface area contributed by atoms with Crippen LogP contribution in [-0.2, 0) is 0 Å². The minimum atomic E-state index is -0.266. The molecule has 0 fully saturated rings. The lowest BCUT2D eigenvalue weighted by Gasteiger charge is -2.11. The number of nitrogens with one attached hydrogen (secondary N) is 2. The summed E-state index contributed by atoms with van der Waals surface area (Å²) in [5, 5.41) is 5.64. The van der Waals surface area contributed by atoms with Crippen molar-refractivity contribution in [2.75, 3.05) is 17.7 Å². The summed E-state index contributed by atoms with van der Waals surface area (Å²) < 4.78 is 10.8. The van der Waals surface area contributed by atoms with Crippen LogP contribution in [0.25, 0.3) is 0 Å². The van der Waals surface area contributed by atoms with Crippen LogP contribution in [0.2, 0.25) is 0 Å². The maximum absolute atomic E-state index is 12.5. The molecule has 0 radical (unpaired) electrons. The fourth-order valence-corrected chi connectivity index (χ4v) is 2.81. The fraction of sp³-hybridized carbons (Fsp3) is 0.167. The molecule has 6 nitrogen and oxygen atoms in total. The zero-order valence-electron chi connectivity index (χ0n) is 17.1. The highest BCUT2D eigenvalue weighted by atomic mass is 16.5. The van der Waals surface area contributed by atoms with Gasteiger partial charge in [-0.1, -0.05) is 12.1 Å². The first-order chi connectivity index (χ1) is 14.5. The Bertz CT molecular complexity index is 1010. The molecule has 0 aliphatic heterocycles. The molecule has 0 atom stereocenters. The smallest absolute Gasteiger partial charge is 0.255 e. The van der Waals surface area contributed by atoms with Crippen molar-refractivity contribution >= 4 is 23.2 Å². The summed E-state index contributed by atoms with van der Waals surface area (Å²) in [5.74, 6) is 0.793. The highest BCUT2D eigenvalue weighted by Gasteiger charge is 2.11. The van der Waals surface area contributed by atoms with Gasteiger partial charge in [-0.05, 0) is 74.5 Å². The van der Waals surface area contributed by atoms with Crippen LogP contribution in [0, 0.1) is 0 Å². The van der Waals surface area contributed by atoms with Crippen LogP contribution < -0.4 is 20.1 Å². The number of hydrogen-bond acceptors (Lipinski definition) is 4. The molecule has 154 valence electrons. The van der Waals surface area contributed by atoms with E-state index >= 15 is 0 Å². The molecule has 0 saturated heterocycles. The van der Waals surface area contributed by atoms with E-state index in [1.165, 1.54) is 0 Å². The van der Waals surface area contributed by atoms with Crippen molar-refractivity contribution in [1.29, 1.82) is 0 Å². The van der Waals surface area contributed by atoms with Gasteiger partial charge < -0.3 is 20.1 Å². The molecule has 0 aromatic heterocycles. The predicted molar refractivity (Wildman–Crippen MR) is 118 cm³/mol. The third-order valence-electron chi connectivity index (χ3n) is 4.25. The molecule has 0 saturated carbocycles. The minimum absolute atomic E-state index is 0.0726. The number of benzene rings is 3. The van der Waals surface area contributed by atoms with Gasteiger partial charge in [-0.15, -0.1) is 0 Å². The largest absolute Gasteiger partial charge is 0.495 e. The summed E-state index contributed by atoms with van der Waals surface area (Å²) in [6.07, 6.45) is 0.0726. The topological polar surface area (TPSA) is 76.7 Å². The molecule has 0 aliphatic carbocycles. The van der Waals surface area contributed by atoms with Crippen molar-refractivity contribution in [3.63, 3.8) is 0 Å². The van der Waals surface area contributed by atoms with Crippen LogP contribution in [0.15, 0.2) is 72.8 Å². The van der Waals surface area contributed by atoms with Crippen LogP contribution in [0.5, 0.6) is 11.5 Å². The van der Waals surface area contributed by atoms with E-state index in [1.807, 2.05) is 26.0 Å². The Morgan fingerprint density at radius 3 is 1.93 bits per heavy atom. The van der Waals surface area contributed by atoms with E-state index in [9.17, 15) is 9.59 Å². The first-order valence-electron chi connectivity index (χ1n) is 9.59. The zero-order chi connectivity index (χ0) is 21.5. The lowest BCUT2D eigenvalue weighted by molar-refractivity contribution is 0.101. The number of ether oxygens (including phenoxy) is 2. The van der Waals surface area contributed by atoms with Crippen molar-refractivity contribution < 1.29 is 19.1 Å². The number of para-hydroxylation sites is 2. The monoisotopic (exact) mass is 404 g/mol. The number of anilines is 2. The molecule has 0 aliphatic rings. The quantitative estimate of drug-likeness (QED) is 0.582. The van der Waals surface area contributed by atoms with Crippen LogP contribution in [-0.4, -0.2) is 25.0 Å². The number of amides is 2. The summed E-state index contributed by atoms with van der Waals surface area (Å²) in [6.45, 7) is 3.89. The SMILES string of the molecule is COc1ccccc1NC(=O)c1ccc(NC(=O)c2ccc(OC(C)C)cc2)cc1. The van der Waals surface area contributed by atoms with E-state index in [0.717, 1.165) is 0 Å². The van der Waals surface area contributed by atoms with Crippen molar-refractivity contribution in [3.8, 4) is 11.5 Å². The Morgan fingerprint density at radius 2 is 1.33 bits per heavy atom. The second-order valence-electron chi connectivity index (χ2n) is 6.88. The van der Waals surface area contributed by atoms with E-state index in [4.69, 9.17) is 9.47 Å². The number of hydrogen-bond donors (Lipinski definition) is 2. The normalized spacial score (nSPS) is 10.4. The molecule has 30 heavy (non-hydrogen) atoms. The Hall–Kier alpha value is -3.80. The molecule has 6 heteroatoms. The Kier molecular flexibility index (Phi) is 6.70. The van der Waals surface area contributed by atoms with Gasteiger partial charge in [-0.3, -0.25) is 9.59 Å². The van der Waals surface area contributed by atoms with E-state index in [0.29, 0.717) is 34.0 Å². The van der Waals surface area contributed by atoms with Gasteiger partial charge in [0.05, 0.1) is 18.9 Å². The fourth-order valence-electron chi connectivity index (χ4n) is 2.81. The molecule has 2 amide bonds. The van der Waals surface area contributed by atoms with Gasteiger partial charge in [0.25, 0.3) is 11.8 Å². The number of methoxy groups -OCH3 is 1. The van der Waals surface area contributed by atoms with E-state index in [2.05, 4.69) is 10.6 Å². The number of carbonyl (C=O) groups excluding carboxylic acids is 2. The third-order valence-corrected chi connectivity index (χ3v) is 4.25. The highest BCUT2D eigenvalue weighted by Crippen LogP contribution is 2.24. The van der Waals surface area contributed by atoms with E-state index in [-0.39, 0.29) is 17.9 Å². The zero-order valence-corrected chi connectivity index (χ0v) is 17.1. The summed E-state index contributed by atoms with van der Waals surface area (Å²) in [4.78, 5) is 24.9. The summed E-state index contributed by atoms with van der Waals surface area (Å²) in [7, 11) is 1.55. The molecule has 0 heterocycles. The van der Waals surface area contributed by atoms with Gasteiger partial charge in [0.15, 0.2) is 0 Å². The molecule has 3 aromatic carbocycles. The maximum atomic E-state index is 12.5. The van der Waals surface area contributed by atoms with Crippen LogP contribution in [0.3, 0.4) is 0 Å². The second kappa shape index (κ2) is 9.60. The lowest BCUT2D eigenvalue weighted by Crippen LogP contribution is -2.14. The molecule has 0 spiro atoms. The van der Waals surface area contributed by atoms with Gasteiger partial charge >= 0.3 is 0 Å². The molecule has 3 rings (SSSR count). The number of rotatable bonds is 7. The van der Waals surface area contributed by atoms with E-state index < -0.39 is 0 Å². The molecule has 0 unspecified atom stereocenters. The van der Waals surface area contributed by atoms with Crippen LogP contribution >= 0.6 is 0 Å². The average molecular weight is 404 g/mol. The van der Waals surface area contributed by atoms with Gasteiger partial charge in [0.1, 0.15) is 11.5 Å². The van der Waals surface area contributed by atoms with Crippen molar-refractivity contribution in [2.24, 2.45) is 0 Å². The standard InChI is InChI=1S/C24H24N2O4/c1-16(2)30-20-14-10-18(11-15-20)23(27)25-19-12-8-17(9-13-19)24(28)26-21-6-4-5-7-22(21)29-3/h4-16H,1-3H3,(H,25,27)(H,26,28). The highest BCUT2D eigenvalue weighted by molar-refractivity contribution is 6.06. The molecule has 3 aromatic rings. The first kappa shape index (κ1) is 20.9. The average Bonchev–Trinajstić information content (AvgIpc) is 2.74. The van der Waals surface area contributed by atoms with Gasteiger partial charge in [0.2, 0.25) is 0 Å². The van der Waals surface area contributed by atoms with Gasteiger partial charge in [0, 0.05) is 16.8 Å². The summed E-state index contributed by atoms with van der Waals surface area (Å²) in [6, 6.07) is 20.8. The third kappa shape index (κ3) is 5.38. The molecule has 0 bridgehead atoms. The Morgan fingerprint density at radius 1 is 0.767 bits per heavy atom. The maximum Gasteiger partial charge on any atom is 0.255 e. The number of carbonyl (C=O) groups is 2. The first-order valence-corrected chi connectivity index (χ1v) is 9.59. The predicted octanol–water partition coefficient (Wildman–Crippen LogP) is 4.99. The van der Waals surface area contributed by atoms with Crippen molar-refractivity contribution in [3.05, 3.63) is 83.9 Å². The minimum Gasteiger partial charge on any atom is -0.495 e. The summed E-state index contributed by atoms with van der Waals surface area (Å²) in [5.41, 5.74) is 2.17. The van der Waals surface area contributed by atoms with Gasteiger partial charge in [-0.25, -0.2) is 0 Å². The van der Waals surface area contributed by atoms with Crippen LogP contribution in [0.4, 0.5) is 11.4 Å². The van der Waals surface area contributed by atoms with Gasteiger partial charge in [-0.2, -0.15) is 0 Å². The molecular formula is C24H24N2O4. The molecule has 2 N–H and O–H groups in total. The van der Waals surface area contributed by atoms with E-state index in [1.54, 1.807) is 67.8 Å². The summed E-state index contributed by atoms with van der Waals surface area (Å²) >= 11 is 0. The Labute approximate surface area is 175 Å². The second-order valence-corrected chi connectivity index (χ2v) is 6.88. The molecular weight excluding hydrogens is 380 g/mol. The van der Waals surface area contributed by atoms with Crippen LogP contribution in [0.1, 0.15) is 34.6 Å². The van der Waals surface area contributed by atoms with Crippen molar-refractivity contribution in [1.82, 2.24) is 0 Å². The Balaban J connectivity index is 1.62. The van der Waals surface area contributed by atoms with Crippen molar-refractivity contribution in [2.45, 2.75) is 20.0 Å².